The van der Waals surface area contributed by atoms with Crippen molar-refractivity contribution in [2.75, 3.05) is 0 Å². The summed E-state index contributed by atoms with van der Waals surface area (Å²) in [6.07, 6.45) is 4.41. The third kappa shape index (κ3) is 4.77. The van der Waals surface area contributed by atoms with E-state index in [1.54, 1.807) is 0 Å². The second-order valence-electron chi connectivity index (χ2n) is 16.0. The summed E-state index contributed by atoms with van der Waals surface area (Å²) < 4.78 is 1.36. The van der Waals surface area contributed by atoms with Crippen molar-refractivity contribution in [3.05, 3.63) is 185 Å². The first-order valence-electron chi connectivity index (χ1n) is 19.7. The highest BCUT2D eigenvalue weighted by Crippen LogP contribution is 2.53. The summed E-state index contributed by atoms with van der Waals surface area (Å²) in [5.41, 5.74) is 14.4. The minimum absolute atomic E-state index is 0.102. The lowest BCUT2D eigenvalue weighted by Crippen LogP contribution is -2.15. The molecule has 11 rings (SSSR count). The Balaban J connectivity index is 1.03. The van der Waals surface area contributed by atoms with Crippen LogP contribution < -0.4 is 0 Å². The van der Waals surface area contributed by atoms with E-state index in [2.05, 4.69) is 198 Å². The maximum Gasteiger partial charge on any atom is 0.0358 e. The molecule has 0 radical (unpaired) electrons. The number of fused-ring (bicyclic) bond motifs is 9. The molecule has 0 N–H and O–H groups in total. The van der Waals surface area contributed by atoms with Crippen molar-refractivity contribution < 1.29 is 0 Å². The molecule has 9 aromatic carbocycles. The predicted molar refractivity (Wildman–Crippen MR) is 245 cm³/mol. The Morgan fingerprint density at radius 3 is 1.79 bits per heavy atom. The third-order valence-corrected chi connectivity index (χ3v) is 13.6. The van der Waals surface area contributed by atoms with Gasteiger partial charge in [-0.25, -0.2) is 0 Å². The molecule has 1 aromatic heterocycles. The van der Waals surface area contributed by atoms with E-state index in [0.29, 0.717) is 0 Å². The second kappa shape index (κ2) is 12.4. The largest absolute Gasteiger partial charge is 0.140 e. The molecule has 10 aromatic rings. The summed E-state index contributed by atoms with van der Waals surface area (Å²) in [4.78, 5) is 1.38. The highest BCUT2D eigenvalue weighted by atomic mass is 32.1. The number of hydrogen-bond donors (Lipinski definition) is 0. The standard InChI is InChI=1S/C55H40S/c1-5-13-39-33(2)56-51-32-47-38(30-48(39)51)27-29-49-54(47)46-28-26-37(31-50(46)55(49,3)4)34-22-24-36(25-23-34)52-42-17-8-10-19-44(42)53(45-20-11-9-18-43(45)52)41-21-12-15-35-14-6-7-16-40(35)41/h5-32H,1-4H3/b13-5-. The lowest BCUT2D eigenvalue weighted by atomic mass is 9.81. The first-order valence-corrected chi connectivity index (χ1v) is 20.5. The van der Waals surface area contributed by atoms with Gasteiger partial charge in [0.15, 0.2) is 0 Å². The summed E-state index contributed by atoms with van der Waals surface area (Å²) in [6.45, 7) is 9.14. The molecule has 1 aliphatic rings. The SMILES string of the molecule is C/C=C\c1c(C)sc2cc3c4c(ccc3cc12)C(C)(C)c1cc(-c2ccc(-c3c5ccccc5c(-c5cccc6ccccc56)c5ccccc35)cc2)ccc1-4. The van der Waals surface area contributed by atoms with Gasteiger partial charge in [0.05, 0.1) is 0 Å². The van der Waals surface area contributed by atoms with Crippen molar-refractivity contribution in [1.29, 1.82) is 0 Å². The van der Waals surface area contributed by atoms with Crippen molar-refractivity contribution in [2.24, 2.45) is 0 Å². The third-order valence-electron chi connectivity index (χ3n) is 12.5. The fraction of sp³-hybridized carbons (Fsp3) is 0.0909. The molecular weight excluding hydrogens is 693 g/mol. The molecule has 0 nitrogen and oxygen atoms in total. The quantitative estimate of drug-likeness (QED) is 0.158. The lowest BCUT2D eigenvalue weighted by molar-refractivity contribution is 0.661. The van der Waals surface area contributed by atoms with Crippen molar-refractivity contribution in [1.82, 2.24) is 0 Å². The molecule has 0 saturated carbocycles. The van der Waals surface area contributed by atoms with Crippen LogP contribution in [0.1, 0.15) is 42.3 Å². The van der Waals surface area contributed by atoms with Crippen molar-refractivity contribution in [3.63, 3.8) is 0 Å². The molecule has 1 heterocycles. The number of thiophene rings is 1. The van der Waals surface area contributed by atoms with Crippen LogP contribution in [0.4, 0.5) is 0 Å². The number of benzene rings is 9. The van der Waals surface area contributed by atoms with E-state index in [0.717, 1.165) is 0 Å². The van der Waals surface area contributed by atoms with Gasteiger partial charge in [0.1, 0.15) is 0 Å². The van der Waals surface area contributed by atoms with Crippen LogP contribution in [0.3, 0.4) is 0 Å². The summed E-state index contributed by atoms with van der Waals surface area (Å²) in [6, 6.07) is 59.4. The van der Waals surface area contributed by atoms with E-state index in [4.69, 9.17) is 0 Å². The fourth-order valence-electron chi connectivity index (χ4n) is 9.85. The highest BCUT2D eigenvalue weighted by molar-refractivity contribution is 7.19. The maximum atomic E-state index is 2.46. The Labute approximate surface area is 332 Å². The van der Waals surface area contributed by atoms with E-state index in [9.17, 15) is 0 Å². The van der Waals surface area contributed by atoms with Gasteiger partial charge in [-0.2, -0.15) is 0 Å². The zero-order chi connectivity index (χ0) is 37.7. The van der Waals surface area contributed by atoms with Crippen LogP contribution in [0.25, 0.3) is 104 Å². The van der Waals surface area contributed by atoms with Crippen LogP contribution in [-0.4, -0.2) is 0 Å². The molecule has 0 fully saturated rings. The number of hydrogen-bond acceptors (Lipinski definition) is 1. The van der Waals surface area contributed by atoms with E-state index < -0.39 is 0 Å². The molecule has 266 valence electrons. The Hall–Kier alpha value is -6.28. The van der Waals surface area contributed by atoms with Gasteiger partial charge in [0.25, 0.3) is 0 Å². The van der Waals surface area contributed by atoms with Gasteiger partial charge in [-0.05, 0) is 136 Å². The van der Waals surface area contributed by atoms with Crippen LogP contribution in [0.15, 0.2) is 164 Å². The summed E-state index contributed by atoms with van der Waals surface area (Å²) in [5, 5.41) is 11.7. The fourth-order valence-corrected chi connectivity index (χ4v) is 10.9. The zero-order valence-electron chi connectivity index (χ0n) is 32.1. The summed E-state index contributed by atoms with van der Waals surface area (Å²) in [7, 11) is 0. The number of rotatable bonds is 4. The molecule has 0 unspecified atom stereocenters. The first kappa shape index (κ1) is 33.1. The van der Waals surface area contributed by atoms with Gasteiger partial charge in [-0.1, -0.05) is 166 Å². The maximum absolute atomic E-state index is 2.46. The smallest absolute Gasteiger partial charge is 0.0358 e. The van der Waals surface area contributed by atoms with Gasteiger partial charge < -0.3 is 0 Å². The molecule has 56 heavy (non-hydrogen) atoms. The average Bonchev–Trinajstić information content (AvgIpc) is 3.66. The monoisotopic (exact) mass is 732 g/mol. The Kier molecular flexibility index (Phi) is 7.31. The van der Waals surface area contributed by atoms with Crippen molar-refractivity contribution in [3.8, 4) is 44.5 Å². The normalized spacial score (nSPS) is 13.4. The minimum atomic E-state index is -0.102. The van der Waals surface area contributed by atoms with Crippen LogP contribution in [0.5, 0.6) is 0 Å². The van der Waals surface area contributed by atoms with Gasteiger partial charge in [-0.3, -0.25) is 0 Å². The Morgan fingerprint density at radius 2 is 1.07 bits per heavy atom. The van der Waals surface area contributed by atoms with Crippen LogP contribution in [0.2, 0.25) is 0 Å². The van der Waals surface area contributed by atoms with E-state index in [1.807, 2.05) is 11.3 Å². The van der Waals surface area contributed by atoms with Gasteiger partial charge in [0, 0.05) is 20.4 Å². The molecule has 0 spiro atoms. The van der Waals surface area contributed by atoms with Crippen LogP contribution in [0, 0.1) is 6.92 Å². The molecular formula is C55H40S. The van der Waals surface area contributed by atoms with E-state index >= 15 is 0 Å². The molecule has 1 aliphatic carbocycles. The lowest BCUT2D eigenvalue weighted by Gasteiger charge is -2.22. The van der Waals surface area contributed by atoms with Crippen molar-refractivity contribution >= 4 is 70.6 Å². The summed E-state index contributed by atoms with van der Waals surface area (Å²) in [5.74, 6) is 0. The molecule has 0 bridgehead atoms. The molecule has 0 saturated heterocycles. The van der Waals surface area contributed by atoms with E-state index in [-0.39, 0.29) is 5.41 Å². The second-order valence-corrected chi connectivity index (χ2v) is 17.2. The number of aryl methyl sites for hydroxylation is 1. The van der Waals surface area contributed by atoms with E-state index in [1.165, 1.54) is 119 Å². The first-order chi connectivity index (χ1) is 27.4. The molecule has 0 atom stereocenters. The van der Waals surface area contributed by atoms with Gasteiger partial charge >= 0.3 is 0 Å². The molecule has 0 amide bonds. The molecule has 0 aliphatic heterocycles. The van der Waals surface area contributed by atoms with Crippen LogP contribution in [-0.2, 0) is 5.41 Å². The molecule has 1 heteroatoms. The topological polar surface area (TPSA) is 0 Å². The van der Waals surface area contributed by atoms with Crippen molar-refractivity contribution in [2.45, 2.75) is 33.1 Å². The predicted octanol–water partition coefficient (Wildman–Crippen LogP) is 16.2. The van der Waals surface area contributed by atoms with Gasteiger partial charge in [-0.15, -0.1) is 11.3 Å². The summed E-state index contributed by atoms with van der Waals surface area (Å²) >= 11 is 1.91. The Morgan fingerprint density at radius 1 is 0.446 bits per heavy atom. The van der Waals surface area contributed by atoms with Gasteiger partial charge in [0.2, 0.25) is 0 Å². The van der Waals surface area contributed by atoms with Crippen LogP contribution >= 0.6 is 11.3 Å². The highest BCUT2D eigenvalue weighted by Gasteiger charge is 2.37. The number of allylic oxidation sites excluding steroid dienone is 1. The average molecular weight is 733 g/mol. The Bertz CT molecular complexity index is 3220. The minimum Gasteiger partial charge on any atom is -0.140 e. The zero-order valence-corrected chi connectivity index (χ0v) is 32.9.